The van der Waals surface area contributed by atoms with Gasteiger partial charge in [-0.3, -0.25) is 4.79 Å². The first-order valence-electron chi connectivity index (χ1n) is 15.0. The van der Waals surface area contributed by atoms with Gasteiger partial charge in [-0.15, -0.1) is 0 Å². The van der Waals surface area contributed by atoms with Gasteiger partial charge in [0.2, 0.25) is 10.0 Å². The molecule has 10 nitrogen and oxygen atoms in total. The Morgan fingerprint density at radius 1 is 0.933 bits per heavy atom. The molecule has 0 radical (unpaired) electrons. The van der Waals surface area contributed by atoms with Crippen LogP contribution in [0.25, 0.3) is 5.69 Å². The zero-order valence-electron chi connectivity index (χ0n) is 25.5. The molecule has 0 saturated carbocycles. The smallest absolute Gasteiger partial charge is 0.407 e. The van der Waals surface area contributed by atoms with E-state index in [4.69, 9.17) is 9.47 Å². The summed E-state index contributed by atoms with van der Waals surface area (Å²) in [4.78, 5) is 30.0. The van der Waals surface area contributed by atoms with E-state index in [0.29, 0.717) is 18.6 Å². The number of nitrogens with zero attached hydrogens (tertiary/aromatic N) is 2. The lowest BCUT2D eigenvalue weighted by atomic mass is 10.0. The number of amides is 1. The number of ketones is 1. The van der Waals surface area contributed by atoms with Crippen LogP contribution in [0.1, 0.15) is 37.8 Å². The highest BCUT2D eigenvalue weighted by atomic mass is 32.2. The molecular weight excluding hydrogens is 592 g/mol. The van der Waals surface area contributed by atoms with Gasteiger partial charge in [0.15, 0.2) is 5.78 Å². The number of carbonyl (C=O) groups excluding carboxylic acids is 2. The van der Waals surface area contributed by atoms with Crippen LogP contribution in [0.2, 0.25) is 0 Å². The number of alkyl carbamates (subject to hydrolysis) is 1. The molecule has 4 aromatic rings. The maximum absolute atomic E-state index is 13.5. The van der Waals surface area contributed by atoms with Gasteiger partial charge >= 0.3 is 6.09 Å². The molecule has 3 unspecified atom stereocenters. The lowest BCUT2D eigenvalue weighted by Crippen LogP contribution is -2.50. The van der Waals surface area contributed by atoms with Crippen molar-refractivity contribution < 1.29 is 27.5 Å². The normalized spacial score (nSPS) is 13.4. The molecule has 238 valence electrons. The Labute approximate surface area is 264 Å². The molecule has 1 amide bonds. The molecule has 45 heavy (non-hydrogen) atoms. The summed E-state index contributed by atoms with van der Waals surface area (Å²) >= 11 is 0. The number of aromatic nitrogens is 2. The molecule has 0 fully saturated rings. The highest BCUT2D eigenvalue weighted by Crippen LogP contribution is 2.17. The average molecular weight is 633 g/mol. The lowest BCUT2D eigenvalue weighted by molar-refractivity contribution is -0.122. The van der Waals surface area contributed by atoms with Crippen LogP contribution >= 0.6 is 0 Å². The van der Waals surface area contributed by atoms with E-state index < -0.39 is 39.7 Å². The minimum atomic E-state index is -4.02. The van der Waals surface area contributed by atoms with E-state index >= 15 is 0 Å². The molecule has 1 aromatic heterocycles. The third-order valence-corrected chi connectivity index (χ3v) is 8.98. The molecule has 3 atom stereocenters. The molecule has 3 aromatic carbocycles. The Morgan fingerprint density at radius 2 is 1.60 bits per heavy atom. The van der Waals surface area contributed by atoms with Crippen LogP contribution in [-0.4, -0.2) is 54.3 Å². The fraction of sp³-hybridized carbons (Fsp3) is 0.324. The zero-order chi connectivity index (χ0) is 32.1. The number of ether oxygens (including phenoxy) is 2. The van der Waals surface area contributed by atoms with Crippen LogP contribution in [0, 0.1) is 5.92 Å². The highest BCUT2D eigenvalue weighted by molar-refractivity contribution is 7.89. The van der Waals surface area contributed by atoms with Crippen LogP contribution in [0.3, 0.4) is 0 Å². The van der Waals surface area contributed by atoms with E-state index in [1.165, 1.54) is 0 Å². The molecule has 0 aliphatic carbocycles. The summed E-state index contributed by atoms with van der Waals surface area (Å²) in [6.07, 6.45) is 5.82. The van der Waals surface area contributed by atoms with Crippen molar-refractivity contribution in [1.29, 1.82) is 0 Å². The third-order valence-electron chi connectivity index (χ3n) is 7.54. The van der Waals surface area contributed by atoms with E-state index in [1.807, 2.05) is 97.4 Å². The number of carbonyl (C=O) groups is 2. The van der Waals surface area contributed by atoms with Crippen molar-refractivity contribution in [2.24, 2.45) is 5.92 Å². The standard InChI is InChI=1S/C34H40N4O6S/c1-3-26(2)32(36-34(40)44-22-28-12-8-5-9-13-28)24-45(41,42)37-31(19-14-27-10-6-4-7-11-27)33(39)23-43-30-17-15-29(16-18-30)38-21-20-35-25-38/h4-13,15-18,20-21,25-26,31-32,37H,3,14,19,22-24H2,1-2H3,(H,36,40). The van der Waals surface area contributed by atoms with Crippen molar-refractivity contribution in [2.45, 2.75) is 51.8 Å². The fourth-order valence-electron chi connectivity index (χ4n) is 4.67. The van der Waals surface area contributed by atoms with Gasteiger partial charge in [0.1, 0.15) is 19.0 Å². The van der Waals surface area contributed by atoms with Gasteiger partial charge in [0.05, 0.1) is 18.1 Å². The molecule has 0 aliphatic rings. The first-order valence-corrected chi connectivity index (χ1v) is 16.6. The van der Waals surface area contributed by atoms with E-state index in [9.17, 15) is 18.0 Å². The average Bonchev–Trinajstić information content (AvgIpc) is 3.60. The SMILES string of the molecule is CCC(C)C(CS(=O)(=O)NC(CCc1ccccc1)C(=O)COc1ccc(-n2ccnc2)cc1)NC(=O)OCc1ccccc1. The number of benzene rings is 3. The molecule has 2 N–H and O–H groups in total. The Hall–Kier alpha value is -4.48. The van der Waals surface area contributed by atoms with Gasteiger partial charge in [-0.1, -0.05) is 80.9 Å². The van der Waals surface area contributed by atoms with Crippen molar-refractivity contribution in [1.82, 2.24) is 19.6 Å². The van der Waals surface area contributed by atoms with Gasteiger partial charge in [-0.2, -0.15) is 0 Å². The molecule has 11 heteroatoms. The van der Waals surface area contributed by atoms with Gasteiger partial charge < -0.3 is 19.4 Å². The Balaban J connectivity index is 1.40. The zero-order valence-corrected chi connectivity index (χ0v) is 26.4. The summed E-state index contributed by atoms with van der Waals surface area (Å²) in [5, 5.41) is 2.72. The number of imidazole rings is 1. The summed E-state index contributed by atoms with van der Waals surface area (Å²) in [5.74, 6) is -0.498. The van der Waals surface area contributed by atoms with Gasteiger partial charge in [-0.25, -0.2) is 22.9 Å². The van der Waals surface area contributed by atoms with Gasteiger partial charge in [0, 0.05) is 24.1 Å². The largest absolute Gasteiger partial charge is 0.486 e. The number of aryl methyl sites for hydroxylation is 1. The van der Waals surface area contributed by atoms with E-state index in [0.717, 1.165) is 16.8 Å². The number of Topliss-reactive ketones (excluding diaryl/α,β-unsaturated/α-hetero) is 1. The second-order valence-corrected chi connectivity index (χ2v) is 12.7. The van der Waals surface area contributed by atoms with Crippen molar-refractivity contribution in [3.63, 3.8) is 0 Å². The Bertz CT molecular complexity index is 1580. The van der Waals surface area contributed by atoms with E-state index in [1.54, 1.807) is 24.7 Å². The van der Waals surface area contributed by atoms with Crippen LogP contribution in [-0.2, 0) is 32.6 Å². The molecular formula is C34H40N4O6S. The summed E-state index contributed by atoms with van der Waals surface area (Å²) in [5.41, 5.74) is 2.68. The number of hydrogen-bond acceptors (Lipinski definition) is 7. The summed E-state index contributed by atoms with van der Waals surface area (Å²) in [6.45, 7) is 3.53. The van der Waals surface area contributed by atoms with Crippen LogP contribution in [0.5, 0.6) is 5.75 Å². The summed E-state index contributed by atoms with van der Waals surface area (Å²) in [6, 6.07) is 24.2. The second-order valence-electron chi connectivity index (χ2n) is 10.9. The summed E-state index contributed by atoms with van der Waals surface area (Å²) < 4.78 is 42.5. The maximum Gasteiger partial charge on any atom is 0.407 e. The molecule has 0 spiro atoms. The van der Waals surface area contributed by atoms with Crippen LogP contribution in [0.4, 0.5) is 4.79 Å². The topological polar surface area (TPSA) is 129 Å². The number of hydrogen-bond donors (Lipinski definition) is 2. The first kappa shape index (κ1) is 33.4. The fourth-order valence-corrected chi connectivity index (χ4v) is 6.34. The number of sulfonamides is 1. The minimum absolute atomic E-state index is 0.0627. The number of rotatable bonds is 17. The van der Waals surface area contributed by atoms with E-state index in [2.05, 4.69) is 15.0 Å². The van der Waals surface area contributed by atoms with Crippen molar-refractivity contribution >= 4 is 21.9 Å². The Kier molecular flexibility index (Phi) is 12.3. The molecule has 4 rings (SSSR count). The predicted octanol–water partition coefficient (Wildman–Crippen LogP) is 5.08. The van der Waals surface area contributed by atoms with Gasteiger partial charge in [0.25, 0.3) is 0 Å². The Morgan fingerprint density at radius 3 is 2.22 bits per heavy atom. The van der Waals surface area contributed by atoms with Crippen LogP contribution in [0.15, 0.2) is 104 Å². The molecule has 0 saturated heterocycles. The molecule has 0 bridgehead atoms. The molecule has 0 aliphatic heterocycles. The maximum atomic E-state index is 13.5. The first-order chi connectivity index (χ1) is 21.7. The second kappa shape index (κ2) is 16.6. The summed E-state index contributed by atoms with van der Waals surface area (Å²) in [7, 11) is -4.02. The van der Waals surface area contributed by atoms with Crippen LogP contribution < -0.4 is 14.8 Å². The predicted molar refractivity (Wildman–Crippen MR) is 173 cm³/mol. The monoisotopic (exact) mass is 632 g/mol. The molecule has 1 heterocycles. The van der Waals surface area contributed by atoms with E-state index in [-0.39, 0.29) is 25.6 Å². The third kappa shape index (κ3) is 10.9. The minimum Gasteiger partial charge on any atom is -0.486 e. The van der Waals surface area contributed by atoms with Gasteiger partial charge in [-0.05, 0) is 54.2 Å². The van der Waals surface area contributed by atoms with Crippen molar-refractivity contribution in [3.05, 3.63) is 115 Å². The highest BCUT2D eigenvalue weighted by Gasteiger charge is 2.30. The lowest BCUT2D eigenvalue weighted by Gasteiger charge is -2.25. The van der Waals surface area contributed by atoms with Crippen molar-refractivity contribution in [3.8, 4) is 11.4 Å². The number of nitrogens with one attached hydrogen (secondary N) is 2. The quantitative estimate of drug-likeness (QED) is 0.166. The van der Waals surface area contributed by atoms with Crippen molar-refractivity contribution in [2.75, 3.05) is 12.4 Å².